The van der Waals surface area contributed by atoms with Gasteiger partial charge in [-0.25, -0.2) is 0 Å². The van der Waals surface area contributed by atoms with Crippen molar-refractivity contribution in [1.29, 1.82) is 0 Å². The van der Waals surface area contributed by atoms with Crippen LogP contribution in [0.2, 0.25) is 0 Å². The Hall–Kier alpha value is 0.270. The monoisotopic (exact) mass is 191 g/mol. The lowest BCUT2D eigenvalue weighted by Crippen LogP contribution is -2.40. The summed E-state index contributed by atoms with van der Waals surface area (Å²) in [6.07, 6.45) is 0. The number of rotatable bonds is 5. The van der Waals surface area contributed by atoms with Crippen LogP contribution in [0.4, 0.5) is 0 Å². The average Bonchev–Trinajstić information content (AvgIpc) is 1.98. The zero-order valence-corrected chi connectivity index (χ0v) is 9.27. The second kappa shape index (κ2) is 5.84. The Kier molecular flexibility index (Phi) is 5.97. The maximum atomic E-state index is 9.09. The Bertz CT molecular complexity index is 117. The summed E-state index contributed by atoms with van der Waals surface area (Å²) < 4.78 is 0. The van der Waals surface area contributed by atoms with Crippen molar-refractivity contribution in [2.75, 3.05) is 6.61 Å². The molecule has 2 atom stereocenters. The lowest BCUT2D eigenvalue weighted by atomic mass is 10.0. The van der Waals surface area contributed by atoms with Crippen LogP contribution in [0.1, 0.15) is 27.7 Å². The molecule has 0 rings (SSSR count). The maximum Gasteiger partial charge on any atom is 0.0565 e. The van der Waals surface area contributed by atoms with E-state index in [2.05, 4.69) is 27.7 Å². The van der Waals surface area contributed by atoms with Crippen molar-refractivity contribution in [3.8, 4) is 0 Å². The molecule has 3 heteroatoms. The molecule has 74 valence electrons. The third-order valence-corrected chi connectivity index (χ3v) is 3.18. The van der Waals surface area contributed by atoms with Crippen molar-refractivity contribution in [2.24, 2.45) is 11.7 Å². The number of aliphatic hydroxyl groups excluding tert-OH is 1. The summed E-state index contributed by atoms with van der Waals surface area (Å²) in [6.45, 7) is 8.62. The largest absolute Gasteiger partial charge is 0.395 e. The molecule has 0 aliphatic carbocycles. The van der Waals surface area contributed by atoms with Gasteiger partial charge >= 0.3 is 0 Å². The van der Waals surface area contributed by atoms with E-state index in [-0.39, 0.29) is 17.9 Å². The third-order valence-electron chi connectivity index (χ3n) is 1.83. The Balaban J connectivity index is 3.96. The number of aliphatic hydroxyl groups is 1. The Morgan fingerprint density at radius 2 is 1.75 bits per heavy atom. The summed E-state index contributed by atoms with van der Waals surface area (Å²) in [7, 11) is 0. The molecule has 0 spiro atoms. The summed E-state index contributed by atoms with van der Waals surface area (Å²) >= 11 is 1.76. The normalized spacial score (nSPS) is 17.0. The number of hydrogen-bond donors (Lipinski definition) is 2. The fourth-order valence-corrected chi connectivity index (χ4v) is 2.32. The van der Waals surface area contributed by atoms with Gasteiger partial charge in [-0.1, -0.05) is 27.7 Å². The molecule has 0 fully saturated rings. The van der Waals surface area contributed by atoms with Crippen molar-refractivity contribution in [3.05, 3.63) is 0 Å². The van der Waals surface area contributed by atoms with Crippen LogP contribution >= 0.6 is 11.8 Å². The molecule has 0 aromatic heterocycles. The van der Waals surface area contributed by atoms with E-state index in [1.54, 1.807) is 11.8 Å². The van der Waals surface area contributed by atoms with Crippen molar-refractivity contribution in [2.45, 2.75) is 44.2 Å². The van der Waals surface area contributed by atoms with Gasteiger partial charge in [0.25, 0.3) is 0 Å². The van der Waals surface area contributed by atoms with E-state index in [4.69, 9.17) is 10.8 Å². The van der Waals surface area contributed by atoms with Crippen molar-refractivity contribution >= 4 is 11.8 Å². The minimum absolute atomic E-state index is 0.0994. The molecular weight excluding hydrogens is 170 g/mol. The highest BCUT2D eigenvalue weighted by Crippen LogP contribution is 2.22. The molecule has 12 heavy (non-hydrogen) atoms. The summed E-state index contributed by atoms with van der Waals surface area (Å²) in [4.78, 5) is 0. The Labute approximate surface area is 79.9 Å². The molecule has 0 saturated heterocycles. The molecule has 0 aromatic rings. The van der Waals surface area contributed by atoms with Crippen molar-refractivity contribution < 1.29 is 5.11 Å². The molecule has 0 heterocycles. The lowest BCUT2D eigenvalue weighted by molar-refractivity contribution is 0.269. The maximum absolute atomic E-state index is 9.09. The highest BCUT2D eigenvalue weighted by Gasteiger charge is 2.21. The van der Waals surface area contributed by atoms with Crippen molar-refractivity contribution in [1.82, 2.24) is 0 Å². The van der Waals surface area contributed by atoms with Gasteiger partial charge in [0.05, 0.1) is 6.61 Å². The zero-order valence-electron chi connectivity index (χ0n) is 8.45. The number of nitrogens with two attached hydrogens (primary N) is 1. The predicted molar refractivity (Wildman–Crippen MR) is 56.4 cm³/mol. The number of thioether (sulfide) groups is 1. The molecule has 0 radical (unpaired) electrons. The summed E-state index contributed by atoms with van der Waals surface area (Å²) in [5.74, 6) is 0.438. The van der Waals surface area contributed by atoms with E-state index in [0.717, 1.165) is 0 Å². The first-order chi connectivity index (χ1) is 5.49. The Morgan fingerprint density at radius 3 is 2.00 bits per heavy atom. The van der Waals surface area contributed by atoms with Gasteiger partial charge in [-0.05, 0) is 11.2 Å². The summed E-state index contributed by atoms with van der Waals surface area (Å²) in [5.41, 5.74) is 5.94. The van der Waals surface area contributed by atoms with Gasteiger partial charge in [-0.15, -0.1) is 0 Å². The molecule has 0 aliphatic heterocycles. The van der Waals surface area contributed by atoms with Crippen LogP contribution < -0.4 is 5.73 Å². The van der Waals surface area contributed by atoms with E-state index < -0.39 is 0 Å². The first-order valence-electron chi connectivity index (χ1n) is 4.51. The third kappa shape index (κ3) is 4.33. The predicted octanol–water partition coefficient (Wildman–Crippen LogP) is 1.47. The SMILES string of the molecule is CC(C)SC(CO)C(N)C(C)C. The van der Waals surface area contributed by atoms with E-state index in [1.807, 2.05) is 0 Å². The Morgan fingerprint density at radius 1 is 1.25 bits per heavy atom. The van der Waals surface area contributed by atoms with Gasteiger partial charge in [0.2, 0.25) is 0 Å². The van der Waals surface area contributed by atoms with Crippen LogP contribution in [0.15, 0.2) is 0 Å². The molecule has 0 bridgehead atoms. The van der Waals surface area contributed by atoms with E-state index in [1.165, 1.54) is 0 Å². The topological polar surface area (TPSA) is 46.2 Å². The fourth-order valence-electron chi connectivity index (χ4n) is 1.03. The zero-order chi connectivity index (χ0) is 9.72. The van der Waals surface area contributed by atoms with E-state index in [0.29, 0.717) is 11.2 Å². The van der Waals surface area contributed by atoms with Crippen LogP contribution in [0.3, 0.4) is 0 Å². The van der Waals surface area contributed by atoms with Crippen LogP contribution in [0.25, 0.3) is 0 Å². The lowest BCUT2D eigenvalue weighted by Gasteiger charge is -2.25. The molecule has 0 saturated carbocycles. The van der Waals surface area contributed by atoms with Crippen LogP contribution in [0.5, 0.6) is 0 Å². The van der Waals surface area contributed by atoms with Gasteiger partial charge in [-0.3, -0.25) is 0 Å². The minimum atomic E-state index is 0.0994. The number of hydrogen-bond acceptors (Lipinski definition) is 3. The standard InChI is InChI=1S/C9H21NOS/c1-6(2)9(10)8(5-11)12-7(3)4/h6-9,11H,5,10H2,1-4H3. The smallest absolute Gasteiger partial charge is 0.0565 e. The molecule has 0 amide bonds. The van der Waals surface area contributed by atoms with Crippen LogP contribution in [-0.4, -0.2) is 28.3 Å². The molecule has 3 N–H and O–H groups in total. The highest BCUT2D eigenvalue weighted by atomic mass is 32.2. The van der Waals surface area contributed by atoms with Gasteiger partial charge < -0.3 is 10.8 Å². The van der Waals surface area contributed by atoms with Crippen molar-refractivity contribution in [3.63, 3.8) is 0 Å². The molecule has 0 aromatic carbocycles. The minimum Gasteiger partial charge on any atom is -0.395 e. The van der Waals surface area contributed by atoms with Crippen LogP contribution in [0, 0.1) is 5.92 Å². The molecule has 0 aliphatic rings. The first kappa shape index (κ1) is 12.3. The highest BCUT2D eigenvalue weighted by molar-refractivity contribution is 8.00. The molecular formula is C9H21NOS. The first-order valence-corrected chi connectivity index (χ1v) is 5.45. The van der Waals surface area contributed by atoms with E-state index >= 15 is 0 Å². The average molecular weight is 191 g/mol. The molecule has 2 unspecified atom stereocenters. The van der Waals surface area contributed by atoms with Crippen LogP contribution in [-0.2, 0) is 0 Å². The summed E-state index contributed by atoms with van der Waals surface area (Å²) in [6, 6.07) is 0.0994. The van der Waals surface area contributed by atoms with E-state index in [9.17, 15) is 0 Å². The molecule has 2 nitrogen and oxygen atoms in total. The quantitative estimate of drug-likeness (QED) is 0.692. The summed E-state index contributed by atoms with van der Waals surface area (Å²) in [5, 5.41) is 9.81. The van der Waals surface area contributed by atoms with Gasteiger partial charge in [-0.2, -0.15) is 11.8 Å². The van der Waals surface area contributed by atoms with Gasteiger partial charge in [0, 0.05) is 11.3 Å². The second-order valence-corrected chi connectivity index (χ2v) is 5.55. The second-order valence-electron chi connectivity index (χ2n) is 3.73. The van der Waals surface area contributed by atoms with Gasteiger partial charge in [0.1, 0.15) is 0 Å². The van der Waals surface area contributed by atoms with Gasteiger partial charge in [0.15, 0.2) is 0 Å². The fraction of sp³-hybridized carbons (Fsp3) is 1.00.